The highest BCUT2D eigenvalue weighted by atomic mass is 32.2. The minimum atomic E-state index is -0.811. The van der Waals surface area contributed by atoms with Crippen LogP contribution >= 0.6 is 11.8 Å². The predicted molar refractivity (Wildman–Crippen MR) is 89.6 cm³/mol. The van der Waals surface area contributed by atoms with E-state index in [0.29, 0.717) is 28.7 Å². The van der Waals surface area contributed by atoms with Gasteiger partial charge < -0.3 is 10.1 Å². The summed E-state index contributed by atoms with van der Waals surface area (Å²) in [4.78, 5) is 27.5. The molecule has 0 aliphatic heterocycles. The van der Waals surface area contributed by atoms with E-state index in [2.05, 4.69) is 15.2 Å². The fourth-order valence-electron chi connectivity index (χ4n) is 5.68. The maximum atomic E-state index is 12.4. The third kappa shape index (κ3) is 2.09. The van der Waals surface area contributed by atoms with Gasteiger partial charge in [0.1, 0.15) is 0 Å². The zero-order valence-electron chi connectivity index (χ0n) is 13.8. The highest BCUT2D eigenvalue weighted by molar-refractivity contribution is 7.98. The van der Waals surface area contributed by atoms with Crippen LogP contribution in [0.4, 0.5) is 5.82 Å². The lowest BCUT2D eigenvalue weighted by Gasteiger charge is -2.55. The molecule has 6 rings (SSSR count). The average molecular weight is 362 g/mol. The molecule has 0 spiro atoms. The molecule has 4 fully saturated rings. The van der Waals surface area contributed by atoms with Crippen molar-refractivity contribution in [1.29, 1.82) is 0 Å². The predicted octanol–water partition coefficient (Wildman–Crippen LogP) is 1.84. The molecule has 132 valence electrons. The molecular formula is C15H18N6O3S. The van der Waals surface area contributed by atoms with Crippen molar-refractivity contribution in [1.82, 2.24) is 24.4 Å². The maximum absolute atomic E-state index is 12.4. The van der Waals surface area contributed by atoms with E-state index in [9.17, 15) is 14.9 Å². The first kappa shape index (κ1) is 15.3. The molecule has 4 bridgehead atoms. The number of aromatic nitrogens is 5. The fraction of sp³-hybridized carbons (Fsp3) is 0.733. The van der Waals surface area contributed by atoms with Crippen molar-refractivity contribution < 1.29 is 4.92 Å². The molecule has 2 aromatic heterocycles. The number of hydrogen-bond donors (Lipinski definition) is 0. The molecule has 4 aliphatic carbocycles. The Bertz CT molecular complexity index is 915. The van der Waals surface area contributed by atoms with Gasteiger partial charge in [-0.25, -0.2) is 0 Å². The summed E-state index contributed by atoms with van der Waals surface area (Å²) < 4.78 is 2.75. The second-order valence-electron chi connectivity index (χ2n) is 7.75. The third-order valence-corrected chi connectivity index (χ3v) is 6.69. The van der Waals surface area contributed by atoms with Crippen LogP contribution in [0.3, 0.4) is 0 Å². The van der Waals surface area contributed by atoms with Gasteiger partial charge in [0.25, 0.3) is 5.78 Å². The van der Waals surface area contributed by atoms with E-state index in [0.717, 1.165) is 23.8 Å². The molecule has 0 atom stereocenters. The van der Waals surface area contributed by atoms with Gasteiger partial charge in [-0.15, -0.1) is 14.3 Å². The minimum absolute atomic E-state index is 0.267. The monoisotopic (exact) mass is 362 g/mol. The molecule has 0 aromatic carbocycles. The van der Waals surface area contributed by atoms with Crippen molar-refractivity contribution in [3.05, 3.63) is 20.5 Å². The van der Waals surface area contributed by atoms with Gasteiger partial charge in [0.15, 0.2) is 0 Å². The van der Waals surface area contributed by atoms with Gasteiger partial charge >= 0.3 is 11.4 Å². The molecule has 0 saturated heterocycles. The number of hydrogen-bond acceptors (Lipinski definition) is 7. The summed E-state index contributed by atoms with van der Waals surface area (Å²) in [5, 5.41) is 20.2. The van der Waals surface area contributed by atoms with Gasteiger partial charge in [-0.2, -0.15) is 4.98 Å². The summed E-state index contributed by atoms with van der Waals surface area (Å²) in [5.74, 6) is 1.61. The standard InChI is InChI=1S/C15H18N6O3S/c1-25-13-16-14-19(18-13)12(22)11(21(23)24)17-20(14)15-5-8-2-9(6-15)4-10(3-8)7-15/h8-10H,2-7H2,1H3. The van der Waals surface area contributed by atoms with Crippen LogP contribution in [-0.2, 0) is 5.54 Å². The molecule has 0 radical (unpaired) electrons. The molecule has 4 aliphatic rings. The first-order valence-corrected chi connectivity index (χ1v) is 9.80. The minimum Gasteiger partial charge on any atom is -0.358 e. The number of nitro groups is 1. The average Bonchev–Trinajstić information content (AvgIpc) is 2.98. The SMILES string of the molecule is CSc1nc2n(C34CC5CC(CC(C5)C3)C4)nc([N+](=O)[O-])c(=O)n2n1. The molecule has 25 heavy (non-hydrogen) atoms. The Balaban J connectivity index is 1.78. The van der Waals surface area contributed by atoms with E-state index < -0.39 is 16.3 Å². The topological polar surface area (TPSA) is 108 Å². The molecule has 0 unspecified atom stereocenters. The van der Waals surface area contributed by atoms with Gasteiger partial charge in [-0.1, -0.05) is 11.8 Å². The van der Waals surface area contributed by atoms with Crippen LogP contribution in [0, 0.1) is 27.9 Å². The Labute approximate surface area is 147 Å². The van der Waals surface area contributed by atoms with Crippen molar-refractivity contribution in [2.45, 2.75) is 49.2 Å². The van der Waals surface area contributed by atoms with E-state index in [1.54, 1.807) is 4.68 Å². The number of nitrogens with zero attached hydrogens (tertiary/aromatic N) is 6. The van der Waals surface area contributed by atoms with E-state index in [-0.39, 0.29) is 5.54 Å². The molecule has 2 aromatic rings. The van der Waals surface area contributed by atoms with Crippen LogP contribution < -0.4 is 5.56 Å². The summed E-state index contributed by atoms with van der Waals surface area (Å²) in [7, 11) is 0. The zero-order chi connectivity index (χ0) is 17.3. The smallest absolute Gasteiger partial charge is 0.358 e. The quantitative estimate of drug-likeness (QED) is 0.465. The number of thioether (sulfide) groups is 1. The van der Waals surface area contributed by atoms with Crippen LogP contribution in [0.5, 0.6) is 0 Å². The largest absolute Gasteiger partial charge is 0.455 e. The maximum Gasteiger partial charge on any atom is 0.455 e. The lowest BCUT2D eigenvalue weighted by Crippen LogP contribution is -2.53. The molecule has 4 saturated carbocycles. The Morgan fingerprint density at radius 3 is 2.28 bits per heavy atom. The Hall–Kier alpha value is -1.97. The van der Waals surface area contributed by atoms with Crippen molar-refractivity contribution in [2.75, 3.05) is 6.26 Å². The zero-order valence-corrected chi connectivity index (χ0v) is 14.6. The summed E-state index contributed by atoms with van der Waals surface area (Å²) in [6, 6.07) is 0. The van der Waals surface area contributed by atoms with Crippen molar-refractivity contribution >= 4 is 23.4 Å². The Morgan fingerprint density at radius 1 is 1.16 bits per heavy atom. The second kappa shape index (κ2) is 5.03. The van der Waals surface area contributed by atoms with E-state index in [1.807, 2.05) is 6.26 Å². The fourth-order valence-corrected chi connectivity index (χ4v) is 6.02. The highest BCUT2D eigenvalue weighted by Gasteiger charge is 2.54. The number of rotatable bonds is 3. The van der Waals surface area contributed by atoms with Gasteiger partial charge in [0.05, 0.1) is 10.6 Å². The summed E-state index contributed by atoms with van der Waals surface area (Å²) in [6.07, 6.45) is 8.45. The molecule has 0 amide bonds. The van der Waals surface area contributed by atoms with Gasteiger partial charge in [-0.3, -0.25) is 4.79 Å². The highest BCUT2D eigenvalue weighted by Crippen LogP contribution is 2.58. The van der Waals surface area contributed by atoms with Crippen LogP contribution in [0.25, 0.3) is 5.78 Å². The third-order valence-electron chi connectivity index (χ3n) is 6.15. The van der Waals surface area contributed by atoms with Gasteiger partial charge in [0.2, 0.25) is 5.16 Å². The van der Waals surface area contributed by atoms with Crippen molar-refractivity contribution in [3.8, 4) is 0 Å². The Morgan fingerprint density at radius 2 is 1.76 bits per heavy atom. The van der Waals surface area contributed by atoms with Gasteiger partial charge in [0, 0.05) is 0 Å². The summed E-state index contributed by atoms with van der Waals surface area (Å²) in [5.41, 5.74) is -1.08. The normalized spacial score (nSPS) is 33.2. The van der Waals surface area contributed by atoms with E-state index in [4.69, 9.17) is 0 Å². The first-order valence-electron chi connectivity index (χ1n) is 8.58. The van der Waals surface area contributed by atoms with Crippen LogP contribution in [0.1, 0.15) is 38.5 Å². The molecule has 0 N–H and O–H groups in total. The van der Waals surface area contributed by atoms with Crippen LogP contribution in [0.2, 0.25) is 0 Å². The van der Waals surface area contributed by atoms with Gasteiger partial charge in [-0.05, 0) is 67.5 Å². The summed E-state index contributed by atoms with van der Waals surface area (Å²) >= 11 is 1.31. The summed E-state index contributed by atoms with van der Waals surface area (Å²) in [6.45, 7) is 0. The van der Waals surface area contributed by atoms with Crippen LogP contribution in [0.15, 0.2) is 9.95 Å². The van der Waals surface area contributed by atoms with E-state index >= 15 is 0 Å². The lowest BCUT2D eigenvalue weighted by atomic mass is 9.53. The van der Waals surface area contributed by atoms with Crippen LogP contribution in [-0.4, -0.2) is 35.6 Å². The second-order valence-corrected chi connectivity index (χ2v) is 8.52. The van der Waals surface area contributed by atoms with Crippen molar-refractivity contribution in [3.63, 3.8) is 0 Å². The Kier molecular flexibility index (Phi) is 3.08. The first-order chi connectivity index (χ1) is 12.0. The van der Waals surface area contributed by atoms with Crippen molar-refractivity contribution in [2.24, 2.45) is 17.8 Å². The number of fused-ring (bicyclic) bond motifs is 1. The molecule has 10 heteroatoms. The molecule has 9 nitrogen and oxygen atoms in total. The molecular weight excluding hydrogens is 344 g/mol. The van der Waals surface area contributed by atoms with E-state index in [1.165, 1.54) is 31.0 Å². The molecule has 2 heterocycles. The lowest BCUT2D eigenvalue weighted by molar-refractivity contribution is -0.392.